The average molecular weight is 256 g/mol. The quantitative estimate of drug-likeness (QED) is 0.705. The number of carbonyl (C=O) groups is 1. The highest BCUT2D eigenvalue weighted by molar-refractivity contribution is 5.75. The highest BCUT2D eigenvalue weighted by Crippen LogP contribution is 2.16. The van der Waals surface area contributed by atoms with Crippen molar-refractivity contribution >= 4 is 5.97 Å². The highest BCUT2D eigenvalue weighted by Gasteiger charge is 2.22. The van der Waals surface area contributed by atoms with E-state index in [1.165, 1.54) is 25.8 Å². The smallest absolute Gasteiger partial charge is 0.323 e. The molecule has 0 saturated carbocycles. The number of likely N-dealkylation sites (N-methyl/N-ethyl adjacent to an activating group) is 1. The van der Waals surface area contributed by atoms with Crippen molar-refractivity contribution in [2.24, 2.45) is 0 Å². The van der Waals surface area contributed by atoms with Crippen molar-refractivity contribution in [1.29, 1.82) is 0 Å². The van der Waals surface area contributed by atoms with E-state index in [0.29, 0.717) is 12.6 Å². The van der Waals surface area contributed by atoms with Gasteiger partial charge in [-0.15, -0.1) is 0 Å². The molecule has 1 heterocycles. The molecule has 0 aromatic rings. The van der Waals surface area contributed by atoms with Crippen molar-refractivity contribution < 1.29 is 9.53 Å². The van der Waals surface area contributed by atoms with Gasteiger partial charge in [0.05, 0.1) is 6.61 Å². The molecule has 0 spiro atoms. The fraction of sp³-hybridized carbons (Fsp3) is 0.929. The van der Waals surface area contributed by atoms with Crippen molar-refractivity contribution in [2.45, 2.75) is 58.5 Å². The van der Waals surface area contributed by atoms with E-state index in [9.17, 15) is 4.79 Å². The normalized spacial score (nSPS) is 22.7. The molecule has 0 aliphatic carbocycles. The first kappa shape index (κ1) is 15.4. The Hall–Kier alpha value is -0.610. The van der Waals surface area contributed by atoms with E-state index in [4.69, 9.17) is 4.74 Å². The topological polar surface area (TPSA) is 41.6 Å². The van der Waals surface area contributed by atoms with Crippen molar-refractivity contribution in [3.05, 3.63) is 0 Å². The van der Waals surface area contributed by atoms with E-state index >= 15 is 0 Å². The molecule has 18 heavy (non-hydrogen) atoms. The molecule has 4 heteroatoms. The lowest BCUT2D eigenvalue weighted by atomic mass is 10.0. The summed E-state index contributed by atoms with van der Waals surface area (Å²) < 4.78 is 5.10. The predicted octanol–water partition coefficient (Wildman–Crippen LogP) is 1.79. The molecule has 1 N–H and O–H groups in total. The lowest BCUT2D eigenvalue weighted by molar-refractivity contribution is -0.146. The first-order valence-electron chi connectivity index (χ1n) is 7.33. The first-order valence-corrected chi connectivity index (χ1v) is 7.33. The average Bonchev–Trinajstić information content (AvgIpc) is 2.36. The second kappa shape index (κ2) is 8.48. The van der Waals surface area contributed by atoms with Gasteiger partial charge in [0, 0.05) is 12.6 Å². The number of carbonyl (C=O) groups excluding carboxylic acids is 1. The Kier molecular flexibility index (Phi) is 7.28. The van der Waals surface area contributed by atoms with Crippen LogP contribution >= 0.6 is 0 Å². The van der Waals surface area contributed by atoms with E-state index in [2.05, 4.69) is 17.1 Å². The minimum atomic E-state index is -0.149. The fourth-order valence-electron chi connectivity index (χ4n) is 2.58. The van der Waals surface area contributed by atoms with E-state index < -0.39 is 0 Å². The van der Waals surface area contributed by atoms with Gasteiger partial charge in [-0.3, -0.25) is 4.79 Å². The number of rotatable bonds is 7. The van der Waals surface area contributed by atoms with E-state index in [1.807, 2.05) is 13.8 Å². The van der Waals surface area contributed by atoms with Crippen LogP contribution in [0.5, 0.6) is 0 Å². The third-order valence-electron chi connectivity index (χ3n) is 3.67. The lowest BCUT2D eigenvalue weighted by Crippen LogP contribution is -2.44. The summed E-state index contributed by atoms with van der Waals surface area (Å²) in [5.74, 6) is -0.107. The molecular formula is C14H28N2O2. The van der Waals surface area contributed by atoms with Crippen LogP contribution in [0.4, 0.5) is 0 Å². The SMILES string of the molecule is CCNC(CCN1CCCCC1C)C(=O)OCC. The van der Waals surface area contributed by atoms with E-state index in [1.54, 1.807) is 0 Å². The Balaban J connectivity index is 2.38. The molecule has 2 unspecified atom stereocenters. The molecule has 1 fully saturated rings. The maximum absolute atomic E-state index is 11.8. The molecule has 1 rings (SSSR count). The lowest BCUT2D eigenvalue weighted by Gasteiger charge is -2.34. The zero-order chi connectivity index (χ0) is 13.4. The minimum absolute atomic E-state index is 0.107. The fourth-order valence-corrected chi connectivity index (χ4v) is 2.58. The number of esters is 1. The van der Waals surface area contributed by atoms with Crippen LogP contribution in [0.25, 0.3) is 0 Å². The second-order valence-corrected chi connectivity index (χ2v) is 5.03. The molecule has 2 atom stereocenters. The van der Waals surface area contributed by atoms with Crippen LogP contribution in [0.1, 0.15) is 46.5 Å². The van der Waals surface area contributed by atoms with Gasteiger partial charge in [0.25, 0.3) is 0 Å². The standard InChI is InChI=1S/C14H28N2O2/c1-4-15-13(14(17)18-5-2)9-11-16-10-7-6-8-12(16)3/h12-13,15H,4-11H2,1-3H3. The van der Waals surface area contributed by atoms with Crippen molar-refractivity contribution in [3.8, 4) is 0 Å². The molecule has 1 aliphatic heterocycles. The molecule has 0 radical (unpaired) electrons. The summed E-state index contributed by atoms with van der Waals surface area (Å²) in [6.45, 7) is 9.58. The minimum Gasteiger partial charge on any atom is -0.465 e. The maximum atomic E-state index is 11.8. The van der Waals surface area contributed by atoms with Gasteiger partial charge >= 0.3 is 5.97 Å². The summed E-state index contributed by atoms with van der Waals surface area (Å²) in [7, 11) is 0. The zero-order valence-electron chi connectivity index (χ0n) is 12.1. The highest BCUT2D eigenvalue weighted by atomic mass is 16.5. The molecule has 106 valence electrons. The monoisotopic (exact) mass is 256 g/mol. The predicted molar refractivity (Wildman–Crippen MR) is 73.6 cm³/mol. The molecule has 1 aliphatic rings. The van der Waals surface area contributed by atoms with Crippen LogP contribution in [0, 0.1) is 0 Å². The zero-order valence-corrected chi connectivity index (χ0v) is 12.1. The van der Waals surface area contributed by atoms with Gasteiger partial charge in [0.15, 0.2) is 0 Å². The summed E-state index contributed by atoms with van der Waals surface area (Å²) in [4.78, 5) is 14.3. The van der Waals surface area contributed by atoms with E-state index in [-0.39, 0.29) is 12.0 Å². The first-order chi connectivity index (χ1) is 8.69. The number of nitrogens with one attached hydrogen (secondary N) is 1. The molecule has 0 amide bonds. The van der Waals surface area contributed by atoms with Gasteiger partial charge in [0.2, 0.25) is 0 Å². The van der Waals surface area contributed by atoms with Gasteiger partial charge in [-0.25, -0.2) is 0 Å². The van der Waals surface area contributed by atoms with Crippen LogP contribution in [0.3, 0.4) is 0 Å². The van der Waals surface area contributed by atoms with Gasteiger partial charge in [-0.1, -0.05) is 13.3 Å². The third kappa shape index (κ3) is 4.94. The molecule has 0 aromatic heterocycles. The molecule has 1 saturated heterocycles. The molecular weight excluding hydrogens is 228 g/mol. The number of hydrogen-bond donors (Lipinski definition) is 1. The molecule has 4 nitrogen and oxygen atoms in total. The van der Waals surface area contributed by atoms with Gasteiger partial charge in [-0.2, -0.15) is 0 Å². The summed E-state index contributed by atoms with van der Waals surface area (Å²) in [5.41, 5.74) is 0. The van der Waals surface area contributed by atoms with Crippen molar-refractivity contribution in [1.82, 2.24) is 10.2 Å². The maximum Gasteiger partial charge on any atom is 0.323 e. The van der Waals surface area contributed by atoms with Crippen molar-refractivity contribution in [3.63, 3.8) is 0 Å². The van der Waals surface area contributed by atoms with E-state index in [0.717, 1.165) is 19.5 Å². The van der Waals surface area contributed by atoms with Crippen molar-refractivity contribution in [2.75, 3.05) is 26.2 Å². The number of nitrogens with zero attached hydrogens (tertiary/aromatic N) is 1. The summed E-state index contributed by atoms with van der Waals surface area (Å²) >= 11 is 0. The largest absolute Gasteiger partial charge is 0.465 e. The molecule has 0 bridgehead atoms. The Labute approximate surface area is 111 Å². The summed E-state index contributed by atoms with van der Waals surface area (Å²) in [6, 6.07) is 0.507. The number of hydrogen-bond acceptors (Lipinski definition) is 4. The number of ether oxygens (including phenoxy) is 1. The third-order valence-corrected chi connectivity index (χ3v) is 3.67. The second-order valence-electron chi connectivity index (χ2n) is 5.03. The number of likely N-dealkylation sites (tertiary alicyclic amines) is 1. The molecule has 0 aromatic carbocycles. The van der Waals surface area contributed by atoms with Crippen LogP contribution in [0.2, 0.25) is 0 Å². The Morgan fingerprint density at radius 3 is 2.83 bits per heavy atom. The Morgan fingerprint density at radius 1 is 1.44 bits per heavy atom. The van der Waals surface area contributed by atoms with Crippen LogP contribution < -0.4 is 5.32 Å². The number of piperidine rings is 1. The Bertz CT molecular complexity index is 246. The summed E-state index contributed by atoms with van der Waals surface area (Å²) in [5, 5.41) is 3.22. The van der Waals surface area contributed by atoms with Crippen LogP contribution in [-0.4, -0.2) is 49.2 Å². The summed E-state index contributed by atoms with van der Waals surface area (Å²) in [6.07, 6.45) is 4.75. The van der Waals surface area contributed by atoms with Gasteiger partial charge < -0.3 is 15.0 Å². The van der Waals surface area contributed by atoms with Crippen LogP contribution in [-0.2, 0) is 9.53 Å². The van der Waals surface area contributed by atoms with Gasteiger partial charge in [0.1, 0.15) is 6.04 Å². The van der Waals surface area contributed by atoms with Crippen LogP contribution in [0.15, 0.2) is 0 Å². The Morgan fingerprint density at radius 2 is 2.22 bits per heavy atom. The van der Waals surface area contributed by atoms with Gasteiger partial charge in [-0.05, 0) is 46.2 Å².